The van der Waals surface area contributed by atoms with Gasteiger partial charge in [-0.25, -0.2) is 0 Å². The van der Waals surface area contributed by atoms with Gasteiger partial charge in [-0.05, 0) is 24.3 Å². The van der Waals surface area contributed by atoms with Gasteiger partial charge in [-0.3, -0.25) is 4.79 Å². The Morgan fingerprint density at radius 2 is 1.82 bits per heavy atom. The molecule has 0 aliphatic heterocycles. The second-order valence-electron chi connectivity index (χ2n) is 5.62. The number of thioether (sulfide) groups is 1. The lowest BCUT2D eigenvalue weighted by Gasteiger charge is -2.08. The number of benzene rings is 2. The summed E-state index contributed by atoms with van der Waals surface area (Å²) in [4.78, 5) is 24.6. The van der Waals surface area contributed by atoms with E-state index in [-0.39, 0.29) is 17.6 Å². The van der Waals surface area contributed by atoms with Gasteiger partial charge < -0.3 is 16.4 Å². The Hall–Kier alpha value is -3.64. The molecular formula is C19H17N7OS. The Morgan fingerprint density at radius 1 is 1.07 bits per heavy atom. The van der Waals surface area contributed by atoms with Crippen LogP contribution in [0.1, 0.15) is 11.4 Å². The van der Waals surface area contributed by atoms with Crippen molar-refractivity contribution in [1.82, 2.24) is 15.0 Å². The maximum atomic E-state index is 12.1. The molecule has 3 rings (SSSR count). The third kappa shape index (κ3) is 5.43. The smallest absolute Gasteiger partial charge is 0.234 e. The highest BCUT2D eigenvalue weighted by atomic mass is 32.2. The third-order valence-electron chi connectivity index (χ3n) is 3.51. The van der Waals surface area contributed by atoms with E-state index in [0.29, 0.717) is 28.8 Å². The van der Waals surface area contributed by atoms with Crippen molar-refractivity contribution in [2.45, 2.75) is 5.75 Å². The summed E-state index contributed by atoms with van der Waals surface area (Å²) in [5.41, 5.74) is 7.51. The van der Waals surface area contributed by atoms with Crippen molar-refractivity contribution in [1.29, 1.82) is 5.26 Å². The molecule has 4 N–H and O–H groups in total. The number of para-hydroxylation sites is 2. The number of nitrogens with one attached hydrogen (secondary N) is 2. The number of nitrogen functional groups attached to an aromatic ring is 1. The van der Waals surface area contributed by atoms with E-state index in [1.54, 1.807) is 24.3 Å². The van der Waals surface area contributed by atoms with Gasteiger partial charge in [0.2, 0.25) is 17.8 Å². The van der Waals surface area contributed by atoms with Gasteiger partial charge in [0.15, 0.2) is 0 Å². The average molecular weight is 391 g/mol. The van der Waals surface area contributed by atoms with Gasteiger partial charge in [0.05, 0.1) is 22.8 Å². The summed E-state index contributed by atoms with van der Waals surface area (Å²) < 4.78 is 0. The molecule has 8 nitrogen and oxygen atoms in total. The monoisotopic (exact) mass is 391 g/mol. The summed E-state index contributed by atoms with van der Waals surface area (Å²) in [6, 6.07) is 18.4. The Balaban J connectivity index is 1.56. The molecule has 0 aliphatic rings. The summed E-state index contributed by atoms with van der Waals surface area (Å²) in [6.07, 6.45) is 0. The number of amides is 1. The number of nitrogens with two attached hydrogens (primary N) is 1. The zero-order valence-electron chi connectivity index (χ0n) is 14.8. The molecule has 9 heteroatoms. The van der Waals surface area contributed by atoms with Crippen molar-refractivity contribution < 1.29 is 4.79 Å². The molecule has 2 aromatic carbocycles. The molecule has 3 aromatic rings. The van der Waals surface area contributed by atoms with Crippen LogP contribution in [0.3, 0.4) is 0 Å². The topological polar surface area (TPSA) is 130 Å². The Labute approximate surface area is 166 Å². The third-order valence-corrected chi connectivity index (χ3v) is 4.44. The van der Waals surface area contributed by atoms with Crippen LogP contribution in [0, 0.1) is 11.3 Å². The first kappa shape index (κ1) is 19.1. The lowest BCUT2D eigenvalue weighted by molar-refractivity contribution is -0.113. The van der Waals surface area contributed by atoms with Crippen LogP contribution in [0.15, 0.2) is 54.6 Å². The van der Waals surface area contributed by atoms with Crippen LogP contribution in [-0.2, 0) is 10.5 Å². The molecule has 1 heterocycles. The van der Waals surface area contributed by atoms with Crippen molar-refractivity contribution >= 4 is 40.9 Å². The maximum absolute atomic E-state index is 12.1. The molecule has 1 amide bonds. The molecular weight excluding hydrogens is 374 g/mol. The minimum absolute atomic E-state index is 0.108. The van der Waals surface area contributed by atoms with Crippen LogP contribution in [-0.4, -0.2) is 26.6 Å². The van der Waals surface area contributed by atoms with E-state index in [0.717, 1.165) is 5.69 Å². The predicted molar refractivity (Wildman–Crippen MR) is 110 cm³/mol. The van der Waals surface area contributed by atoms with Crippen LogP contribution < -0.4 is 16.4 Å². The van der Waals surface area contributed by atoms with Crippen molar-refractivity contribution in [3.8, 4) is 6.07 Å². The summed E-state index contributed by atoms with van der Waals surface area (Å²) in [5, 5.41) is 14.9. The normalized spacial score (nSPS) is 10.1. The number of carbonyl (C=O) groups excluding carboxylic acids is 1. The van der Waals surface area contributed by atoms with Crippen LogP contribution in [0.25, 0.3) is 0 Å². The van der Waals surface area contributed by atoms with Crippen LogP contribution in [0.5, 0.6) is 0 Å². The zero-order valence-corrected chi connectivity index (χ0v) is 15.6. The Kier molecular flexibility index (Phi) is 6.38. The first-order valence-electron chi connectivity index (χ1n) is 8.33. The van der Waals surface area contributed by atoms with Crippen molar-refractivity contribution in [3.63, 3.8) is 0 Å². The quantitative estimate of drug-likeness (QED) is 0.560. The Morgan fingerprint density at radius 3 is 2.61 bits per heavy atom. The molecule has 28 heavy (non-hydrogen) atoms. The second kappa shape index (κ2) is 9.34. The molecule has 0 aliphatic carbocycles. The first-order valence-corrected chi connectivity index (χ1v) is 9.49. The van der Waals surface area contributed by atoms with Crippen molar-refractivity contribution in [2.24, 2.45) is 0 Å². The first-order chi connectivity index (χ1) is 13.6. The second-order valence-corrected chi connectivity index (χ2v) is 6.61. The van der Waals surface area contributed by atoms with E-state index in [9.17, 15) is 4.79 Å². The summed E-state index contributed by atoms with van der Waals surface area (Å²) in [6.45, 7) is 0. The number of nitriles is 1. The fourth-order valence-corrected chi connectivity index (χ4v) is 2.99. The van der Waals surface area contributed by atoms with E-state index in [2.05, 4.69) is 25.6 Å². The maximum Gasteiger partial charge on any atom is 0.234 e. The van der Waals surface area contributed by atoms with E-state index >= 15 is 0 Å². The number of rotatable bonds is 7. The fourth-order valence-electron chi connectivity index (χ4n) is 2.32. The van der Waals surface area contributed by atoms with Gasteiger partial charge in [-0.1, -0.05) is 30.3 Å². The minimum Gasteiger partial charge on any atom is -0.368 e. The Bertz CT molecular complexity index is 1000. The summed E-state index contributed by atoms with van der Waals surface area (Å²) >= 11 is 1.34. The number of nitrogens with zero attached hydrogens (tertiary/aromatic N) is 4. The van der Waals surface area contributed by atoms with Gasteiger partial charge in [-0.15, -0.1) is 11.8 Å². The summed E-state index contributed by atoms with van der Waals surface area (Å²) in [7, 11) is 0. The van der Waals surface area contributed by atoms with Crippen LogP contribution >= 0.6 is 11.8 Å². The van der Waals surface area contributed by atoms with Gasteiger partial charge in [0.25, 0.3) is 0 Å². The highest BCUT2D eigenvalue weighted by molar-refractivity contribution is 7.99. The van der Waals surface area contributed by atoms with E-state index in [1.165, 1.54) is 11.8 Å². The standard InChI is InChI=1S/C19H17N7OS/c20-10-13-6-4-5-9-15(13)23-17(27)12-28-11-16-24-18(21)26-19(25-16)22-14-7-2-1-3-8-14/h1-9H,11-12H2,(H,23,27)(H3,21,22,24,25,26). The predicted octanol–water partition coefficient (Wildman–Crippen LogP) is 2.94. The highest BCUT2D eigenvalue weighted by Gasteiger charge is 2.09. The SMILES string of the molecule is N#Cc1ccccc1NC(=O)CSCc1nc(N)nc(Nc2ccccc2)n1. The van der Waals surface area contributed by atoms with Crippen LogP contribution in [0.4, 0.5) is 23.3 Å². The van der Waals surface area contributed by atoms with Gasteiger partial charge in [0.1, 0.15) is 11.9 Å². The van der Waals surface area contributed by atoms with Crippen molar-refractivity contribution in [2.75, 3.05) is 22.1 Å². The van der Waals surface area contributed by atoms with Gasteiger partial charge >= 0.3 is 0 Å². The van der Waals surface area contributed by atoms with E-state index in [4.69, 9.17) is 11.0 Å². The number of carbonyl (C=O) groups is 1. The summed E-state index contributed by atoms with van der Waals surface area (Å²) in [5.74, 6) is 1.30. The fraction of sp³-hybridized carbons (Fsp3) is 0.105. The van der Waals surface area contributed by atoms with E-state index in [1.807, 2.05) is 36.4 Å². The molecule has 140 valence electrons. The lowest BCUT2D eigenvalue weighted by Crippen LogP contribution is -2.15. The molecule has 0 atom stereocenters. The molecule has 0 fully saturated rings. The van der Waals surface area contributed by atoms with Gasteiger partial charge in [-0.2, -0.15) is 20.2 Å². The number of hydrogen-bond donors (Lipinski definition) is 3. The number of hydrogen-bond acceptors (Lipinski definition) is 8. The minimum atomic E-state index is -0.211. The molecule has 0 saturated heterocycles. The largest absolute Gasteiger partial charge is 0.368 e. The molecule has 0 radical (unpaired) electrons. The average Bonchev–Trinajstić information content (AvgIpc) is 2.69. The number of anilines is 4. The lowest BCUT2D eigenvalue weighted by atomic mass is 10.2. The molecule has 0 bridgehead atoms. The highest BCUT2D eigenvalue weighted by Crippen LogP contribution is 2.17. The van der Waals surface area contributed by atoms with E-state index < -0.39 is 0 Å². The zero-order chi connectivity index (χ0) is 19.8. The van der Waals surface area contributed by atoms with Gasteiger partial charge in [0, 0.05) is 5.69 Å². The molecule has 1 aromatic heterocycles. The van der Waals surface area contributed by atoms with Crippen LogP contribution in [0.2, 0.25) is 0 Å². The molecule has 0 spiro atoms. The number of aromatic nitrogens is 3. The molecule has 0 unspecified atom stereocenters. The van der Waals surface area contributed by atoms with Crippen molar-refractivity contribution in [3.05, 3.63) is 66.0 Å². The molecule has 0 saturated carbocycles.